The summed E-state index contributed by atoms with van der Waals surface area (Å²) in [5.74, 6) is 0.893. The van der Waals surface area contributed by atoms with Crippen LogP contribution in [-0.4, -0.2) is 38.7 Å². The number of carbonyl (C=O) groups is 1. The molecule has 2 atom stereocenters. The highest BCUT2D eigenvalue weighted by molar-refractivity contribution is 5.82. The highest BCUT2D eigenvalue weighted by atomic mass is 16.5. The Morgan fingerprint density at radius 1 is 1.00 bits per heavy atom. The first-order chi connectivity index (χ1) is 15.7. The van der Waals surface area contributed by atoms with Crippen LogP contribution in [0.1, 0.15) is 11.1 Å². The fourth-order valence-corrected chi connectivity index (χ4v) is 5.02. The molecule has 2 aliphatic heterocycles. The van der Waals surface area contributed by atoms with Crippen molar-refractivity contribution in [2.45, 2.75) is 19.0 Å². The normalized spacial score (nSPS) is 19.7. The Balaban J connectivity index is 1.40. The van der Waals surface area contributed by atoms with Gasteiger partial charge in [-0.3, -0.25) is 4.79 Å². The minimum Gasteiger partial charge on any atom is -0.497 e. The third-order valence-corrected chi connectivity index (χ3v) is 6.69. The lowest BCUT2D eigenvalue weighted by Crippen LogP contribution is -2.61. The fourth-order valence-electron chi connectivity index (χ4n) is 5.02. The van der Waals surface area contributed by atoms with Crippen LogP contribution in [0.4, 0.5) is 11.4 Å². The van der Waals surface area contributed by atoms with Crippen LogP contribution in [0.3, 0.4) is 0 Å². The van der Waals surface area contributed by atoms with Crippen molar-refractivity contribution in [1.82, 2.24) is 5.32 Å². The molecule has 164 valence electrons. The van der Waals surface area contributed by atoms with E-state index in [0.29, 0.717) is 6.54 Å². The number of hydrogen-bond donors (Lipinski definition) is 1. The molecule has 0 spiro atoms. The zero-order chi connectivity index (χ0) is 21.9. The Bertz CT molecular complexity index is 1090. The summed E-state index contributed by atoms with van der Waals surface area (Å²) < 4.78 is 5.43. The molecule has 0 bridgehead atoms. The van der Waals surface area contributed by atoms with Gasteiger partial charge in [-0.15, -0.1) is 0 Å². The number of hydrogen-bond acceptors (Lipinski definition) is 4. The number of anilines is 2. The summed E-state index contributed by atoms with van der Waals surface area (Å²) in [6.07, 6.45) is 0.768. The number of fused-ring (bicyclic) bond motifs is 3. The molecule has 5 rings (SSSR count). The van der Waals surface area contributed by atoms with Crippen molar-refractivity contribution in [3.8, 4) is 5.75 Å². The SMILES string of the molecule is COc1cccc(N2CCN3c4ccccc4C[C@H](C(=O)NCc4ccccc4)[C@H]3C2)c1. The number of methoxy groups -OCH3 is 1. The molecule has 3 aromatic rings. The third-order valence-electron chi connectivity index (χ3n) is 6.69. The summed E-state index contributed by atoms with van der Waals surface area (Å²) in [6, 6.07) is 27.0. The molecular weight excluding hydrogens is 398 g/mol. The van der Waals surface area contributed by atoms with Crippen molar-refractivity contribution >= 4 is 17.3 Å². The number of amides is 1. The van der Waals surface area contributed by atoms with E-state index in [1.165, 1.54) is 11.3 Å². The van der Waals surface area contributed by atoms with Gasteiger partial charge in [0.05, 0.1) is 19.1 Å². The van der Waals surface area contributed by atoms with Crippen molar-refractivity contribution in [2.75, 3.05) is 36.5 Å². The van der Waals surface area contributed by atoms with Crippen LogP contribution in [0, 0.1) is 5.92 Å². The van der Waals surface area contributed by atoms with Gasteiger partial charge >= 0.3 is 0 Å². The summed E-state index contributed by atoms with van der Waals surface area (Å²) in [6.45, 7) is 3.17. The molecule has 2 heterocycles. The molecule has 0 unspecified atom stereocenters. The van der Waals surface area contributed by atoms with Gasteiger partial charge in [0.1, 0.15) is 5.75 Å². The zero-order valence-electron chi connectivity index (χ0n) is 18.4. The van der Waals surface area contributed by atoms with E-state index in [1.807, 2.05) is 42.5 Å². The number of carbonyl (C=O) groups excluding carboxylic acids is 1. The van der Waals surface area contributed by atoms with E-state index >= 15 is 0 Å². The van der Waals surface area contributed by atoms with Crippen LogP contribution in [0.15, 0.2) is 78.9 Å². The van der Waals surface area contributed by atoms with E-state index in [9.17, 15) is 4.79 Å². The van der Waals surface area contributed by atoms with Crippen molar-refractivity contribution < 1.29 is 9.53 Å². The van der Waals surface area contributed by atoms with Crippen molar-refractivity contribution in [1.29, 1.82) is 0 Å². The van der Waals surface area contributed by atoms with Crippen LogP contribution in [0.2, 0.25) is 0 Å². The van der Waals surface area contributed by atoms with E-state index < -0.39 is 0 Å². The summed E-state index contributed by atoms with van der Waals surface area (Å²) in [5.41, 5.74) is 4.80. The minimum atomic E-state index is -0.0954. The Morgan fingerprint density at radius 3 is 2.66 bits per heavy atom. The van der Waals surface area contributed by atoms with Gasteiger partial charge in [-0.05, 0) is 35.7 Å². The Labute approximate surface area is 189 Å². The molecule has 3 aromatic carbocycles. The van der Waals surface area contributed by atoms with Crippen molar-refractivity contribution in [3.63, 3.8) is 0 Å². The second-order valence-corrected chi connectivity index (χ2v) is 8.55. The smallest absolute Gasteiger partial charge is 0.225 e. The van der Waals surface area contributed by atoms with Crippen LogP contribution in [0.25, 0.3) is 0 Å². The van der Waals surface area contributed by atoms with Crippen molar-refractivity contribution in [2.24, 2.45) is 5.92 Å². The third kappa shape index (κ3) is 4.03. The van der Waals surface area contributed by atoms with Crippen molar-refractivity contribution in [3.05, 3.63) is 90.0 Å². The highest BCUT2D eigenvalue weighted by Crippen LogP contribution is 2.37. The quantitative estimate of drug-likeness (QED) is 0.671. The van der Waals surface area contributed by atoms with Crippen LogP contribution in [0.5, 0.6) is 5.75 Å². The van der Waals surface area contributed by atoms with Gasteiger partial charge in [-0.25, -0.2) is 0 Å². The minimum absolute atomic E-state index is 0.0954. The Hall–Kier alpha value is -3.47. The maximum atomic E-state index is 13.4. The molecule has 5 nitrogen and oxygen atoms in total. The maximum Gasteiger partial charge on any atom is 0.225 e. The molecule has 0 aromatic heterocycles. The average Bonchev–Trinajstić information content (AvgIpc) is 2.87. The lowest BCUT2D eigenvalue weighted by Gasteiger charge is -2.49. The second kappa shape index (κ2) is 8.95. The second-order valence-electron chi connectivity index (χ2n) is 8.55. The number of nitrogens with one attached hydrogen (secondary N) is 1. The average molecular weight is 428 g/mol. The molecule has 1 N–H and O–H groups in total. The molecular formula is C27H29N3O2. The van der Waals surface area contributed by atoms with Gasteiger partial charge in [0.15, 0.2) is 0 Å². The summed E-state index contributed by atoms with van der Waals surface area (Å²) in [7, 11) is 1.70. The molecule has 1 amide bonds. The van der Waals surface area contributed by atoms with Gasteiger partial charge in [0.2, 0.25) is 5.91 Å². The molecule has 0 aliphatic carbocycles. The van der Waals surface area contributed by atoms with Gasteiger partial charge in [0.25, 0.3) is 0 Å². The largest absolute Gasteiger partial charge is 0.497 e. The molecule has 1 saturated heterocycles. The van der Waals surface area contributed by atoms with E-state index in [1.54, 1.807) is 7.11 Å². The standard InChI is InChI=1S/C27H29N3O2/c1-32-23-12-7-11-22(17-23)29-14-15-30-25-13-6-5-10-21(25)16-24(26(30)19-29)27(31)28-18-20-8-3-2-4-9-20/h2-13,17,24,26H,14-16,18-19H2,1H3,(H,28,31)/t24-,26+/m0/s1. The highest BCUT2D eigenvalue weighted by Gasteiger charge is 2.41. The first-order valence-corrected chi connectivity index (χ1v) is 11.3. The number of ether oxygens (including phenoxy) is 1. The number of rotatable bonds is 5. The molecule has 1 fully saturated rings. The fraction of sp³-hybridized carbons (Fsp3) is 0.296. The summed E-state index contributed by atoms with van der Waals surface area (Å²) in [4.78, 5) is 18.2. The maximum absolute atomic E-state index is 13.4. The number of benzene rings is 3. The van der Waals surface area contributed by atoms with Gasteiger partial charge < -0.3 is 19.9 Å². The topological polar surface area (TPSA) is 44.8 Å². The van der Waals surface area contributed by atoms with E-state index in [0.717, 1.165) is 43.1 Å². The number of para-hydroxylation sites is 1. The van der Waals surface area contributed by atoms with E-state index in [-0.39, 0.29) is 17.9 Å². The monoisotopic (exact) mass is 427 g/mol. The van der Waals surface area contributed by atoms with E-state index in [2.05, 4.69) is 51.5 Å². The summed E-state index contributed by atoms with van der Waals surface area (Å²) >= 11 is 0. The lowest BCUT2D eigenvalue weighted by molar-refractivity contribution is -0.126. The number of piperazine rings is 1. The van der Waals surface area contributed by atoms with E-state index in [4.69, 9.17) is 4.74 Å². The molecule has 2 aliphatic rings. The van der Waals surface area contributed by atoms with Crippen LogP contribution in [-0.2, 0) is 17.8 Å². The predicted octanol–water partition coefficient (Wildman–Crippen LogP) is 3.88. The van der Waals surface area contributed by atoms with Gasteiger partial charge in [-0.2, -0.15) is 0 Å². The van der Waals surface area contributed by atoms with Gasteiger partial charge in [-0.1, -0.05) is 54.6 Å². The number of nitrogens with zero attached hydrogens (tertiary/aromatic N) is 2. The lowest BCUT2D eigenvalue weighted by atomic mass is 9.83. The van der Waals surface area contributed by atoms with Crippen LogP contribution < -0.4 is 19.9 Å². The van der Waals surface area contributed by atoms with Crippen LogP contribution >= 0.6 is 0 Å². The first-order valence-electron chi connectivity index (χ1n) is 11.3. The van der Waals surface area contributed by atoms with Gasteiger partial charge in [0, 0.05) is 43.6 Å². The molecule has 0 saturated carbocycles. The Kier molecular flexibility index (Phi) is 5.71. The molecule has 0 radical (unpaired) electrons. The Morgan fingerprint density at radius 2 is 1.81 bits per heavy atom. The summed E-state index contributed by atoms with van der Waals surface area (Å²) in [5, 5.41) is 3.20. The molecule has 5 heteroatoms. The first kappa shape index (κ1) is 20.4. The predicted molar refractivity (Wildman–Crippen MR) is 128 cm³/mol. The zero-order valence-corrected chi connectivity index (χ0v) is 18.4. The molecule has 32 heavy (non-hydrogen) atoms.